The van der Waals surface area contributed by atoms with Crippen LogP contribution >= 0.6 is 11.6 Å². The highest BCUT2D eigenvalue weighted by molar-refractivity contribution is 6.33. The van der Waals surface area contributed by atoms with Crippen LogP contribution in [0.4, 0.5) is 5.69 Å². The van der Waals surface area contributed by atoms with Gasteiger partial charge in [-0.1, -0.05) is 30.5 Å². The quantitative estimate of drug-likeness (QED) is 0.860. The van der Waals surface area contributed by atoms with Gasteiger partial charge in [0.05, 0.1) is 10.7 Å². The van der Waals surface area contributed by atoms with Gasteiger partial charge in [0.15, 0.2) is 5.82 Å². The van der Waals surface area contributed by atoms with Crippen molar-refractivity contribution in [3.05, 3.63) is 23.2 Å². The first-order valence-corrected chi connectivity index (χ1v) is 6.44. The summed E-state index contributed by atoms with van der Waals surface area (Å²) in [5.41, 5.74) is 7.29. The molecule has 1 fully saturated rings. The van der Waals surface area contributed by atoms with Gasteiger partial charge < -0.3 is 5.73 Å². The molecule has 0 bridgehead atoms. The number of hydrogen-bond acceptors (Lipinski definition) is 4. The van der Waals surface area contributed by atoms with Crippen LogP contribution in [0.15, 0.2) is 18.2 Å². The Morgan fingerprint density at radius 2 is 2.22 bits per heavy atom. The van der Waals surface area contributed by atoms with E-state index in [1.165, 1.54) is 12.8 Å². The van der Waals surface area contributed by atoms with Crippen molar-refractivity contribution in [2.75, 3.05) is 5.73 Å². The molecule has 1 aromatic heterocycles. The Labute approximate surface area is 110 Å². The van der Waals surface area contributed by atoms with Gasteiger partial charge >= 0.3 is 0 Å². The highest BCUT2D eigenvalue weighted by Crippen LogP contribution is 2.34. The van der Waals surface area contributed by atoms with Crippen molar-refractivity contribution in [1.29, 1.82) is 0 Å². The molecule has 1 heterocycles. The first-order chi connectivity index (χ1) is 8.75. The number of nitrogens with two attached hydrogens (primary N) is 1. The monoisotopic (exact) mass is 263 g/mol. The van der Waals surface area contributed by atoms with E-state index in [1.54, 1.807) is 10.7 Å². The number of aromatic nitrogens is 4. The molecule has 18 heavy (non-hydrogen) atoms. The molecule has 0 unspecified atom stereocenters. The minimum Gasteiger partial charge on any atom is -0.397 e. The van der Waals surface area contributed by atoms with Crippen molar-refractivity contribution in [3.63, 3.8) is 0 Å². The standard InChI is InChI=1S/C12H14ClN5/c13-10-3-1-2-9(11(10)14)12-15-16-17-18(12)7-6-8-4-5-8/h1-3,8H,4-7,14H2. The second kappa shape index (κ2) is 4.57. The Morgan fingerprint density at radius 3 is 3.00 bits per heavy atom. The largest absolute Gasteiger partial charge is 0.397 e. The van der Waals surface area contributed by atoms with E-state index in [9.17, 15) is 0 Å². The Balaban J connectivity index is 1.90. The molecule has 0 saturated heterocycles. The summed E-state index contributed by atoms with van der Waals surface area (Å²) < 4.78 is 1.81. The zero-order chi connectivity index (χ0) is 12.5. The van der Waals surface area contributed by atoms with Crippen LogP contribution in [0.5, 0.6) is 0 Å². The summed E-state index contributed by atoms with van der Waals surface area (Å²) in [5, 5.41) is 12.3. The summed E-state index contributed by atoms with van der Waals surface area (Å²) >= 11 is 6.02. The van der Waals surface area contributed by atoms with E-state index in [2.05, 4.69) is 15.5 Å². The maximum Gasteiger partial charge on any atom is 0.184 e. The molecule has 1 aromatic carbocycles. The van der Waals surface area contributed by atoms with Crippen LogP contribution in [0.2, 0.25) is 5.02 Å². The minimum atomic E-state index is 0.529. The summed E-state index contributed by atoms with van der Waals surface area (Å²) in [4.78, 5) is 0. The third-order valence-corrected chi connectivity index (χ3v) is 3.60. The zero-order valence-electron chi connectivity index (χ0n) is 9.88. The van der Waals surface area contributed by atoms with E-state index in [1.807, 2.05) is 12.1 Å². The first kappa shape index (κ1) is 11.5. The average molecular weight is 264 g/mol. The van der Waals surface area contributed by atoms with Crippen molar-refractivity contribution in [2.24, 2.45) is 5.92 Å². The molecule has 6 heteroatoms. The molecular formula is C12H14ClN5. The lowest BCUT2D eigenvalue weighted by atomic mass is 10.1. The molecule has 0 radical (unpaired) electrons. The van der Waals surface area contributed by atoms with Gasteiger partial charge in [-0.15, -0.1) is 5.10 Å². The first-order valence-electron chi connectivity index (χ1n) is 6.06. The number of aryl methyl sites for hydroxylation is 1. The molecule has 5 nitrogen and oxygen atoms in total. The van der Waals surface area contributed by atoms with Gasteiger partial charge in [-0.3, -0.25) is 0 Å². The SMILES string of the molecule is Nc1c(Cl)cccc1-c1nnnn1CCC1CC1. The number of hydrogen-bond donors (Lipinski definition) is 1. The molecule has 3 rings (SSSR count). The van der Waals surface area contributed by atoms with Gasteiger partial charge in [-0.05, 0) is 34.9 Å². The highest BCUT2D eigenvalue weighted by atomic mass is 35.5. The second-order valence-corrected chi connectivity index (χ2v) is 5.07. The molecule has 0 spiro atoms. The maximum atomic E-state index is 6.02. The van der Waals surface area contributed by atoms with Crippen molar-refractivity contribution in [3.8, 4) is 11.4 Å². The summed E-state index contributed by atoms with van der Waals surface area (Å²) in [6.45, 7) is 0.832. The third-order valence-electron chi connectivity index (χ3n) is 3.27. The van der Waals surface area contributed by atoms with Crippen LogP contribution in [0.25, 0.3) is 11.4 Å². The molecule has 0 aliphatic heterocycles. The van der Waals surface area contributed by atoms with Crippen LogP contribution in [0.1, 0.15) is 19.3 Å². The normalized spacial score (nSPS) is 14.9. The van der Waals surface area contributed by atoms with Gasteiger partial charge in [0.2, 0.25) is 0 Å². The van der Waals surface area contributed by atoms with Gasteiger partial charge in [-0.25, -0.2) is 4.68 Å². The summed E-state index contributed by atoms with van der Waals surface area (Å²) in [5.74, 6) is 1.54. The lowest BCUT2D eigenvalue weighted by Gasteiger charge is -2.07. The number of para-hydroxylation sites is 1. The Morgan fingerprint density at radius 1 is 1.39 bits per heavy atom. The molecule has 1 aliphatic rings. The van der Waals surface area contributed by atoms with Gasteiger partial charge in [0.1, 0.15) is 0 Å². The highest BCUT2D eigenvalue weighted by Gasteiger charge is 2.22. The predicted molar refractivity (Wildman–Crippen MR) is 70.0 cm³/mol. The minimum absolute atomic E-state index is 0.529. The van der Waals surface area contributed by atoms with Crippen LogP contribution in [0, 0.1) is 5.92 Å². The smallest absolute Gasteiger partial charge is 0.184 e. The van der Waals surface area contributed by atoms with E-state index < -0.39 is 0 Å². The molecule has 1 saturated carbocycles. The number of tetrazole rings is 1. The topological polar surface area (TPSA) is 69.6 Å². The average Bonchev–Trinajstić information content (AvgIpc) is 3.08. The molecule has 94 valence electrons. The second-order valence-electron chi connectivity index (χ2n) is 4.66. The van der Waals surface area contributed by atoms with Gasteiger partial charge in [0, 0.05) is 12.1 Å². The predicted octanol–water partition coefficient (Wildman–Crippen LogP) is 2.38. The van der Waals surface area contributed by atoms with Crippen molar-refractivity contribution >= 4 is 17.3 Å². The fourth-order valence-corrected chi connectivity index (χ4v) is 2.17. The number of halogens is 1. The Bertz CT molecular complexity index is 561. The fourth-order valence-electron chi connectivity index (χ4n) is 1.99. The van der Waals surface area contributed by atoms with Crippen LogP contribution in [0.3, 0.4) is 0 Å². The lowest BCUT2D eigenvalue weighted by molar-refractivity contribution is 0.535. The fraction of sp³-hybridized carbons (Fsp3) is 0.417. The molecular weight excluding hydrogens is 250 g/mol. The lowest BCUT2D eigenvalue weighted by Crippen LogP contribution is -2.05. The van der Waals surface area contributed by atoms with Crippen molar-refractivity contribution < 1.29 is 0 Å². The molecule has 2 N–H and O–H groups in total. The van der Waals surface area contributed by atoms with E-state index in [4.69, 9.17) is 17.3 Å². The number of nitrogens with zero attached hydrogens (tertiary/aromatic N) is 4. The number of rotatable bonds is 4. The third kappa shape index (κ3) is 2.18. The van der Waals surface area contributed by atoms with Crippen LogP contribution in [-0.2, 0) is 6.54 Å². The molecule has 0 atom stereocenters. The van der Waals surface area contributed by atoms with E-state index in [-0.39, 0.29) is 0 Å². The van der Waals surface area contributed by atoms with Crippen LogP contribution < -0.4 is 5.73 Å². The molecule has 0 amide bonds. The van der Waals surface area contributed by atoms with Crippen molar-refractivity contribution in [2.45, 2.75) is 25.8 Å². The van der Waals surface area contributed by atoms with Gasteiger partial charge in [0.25, 0.3) is 0 Å². The Hall–Kier alpha value is -1.62. The number of anilines is 1. The summed E-state index contributed by atoms with van der Waals surface area (Å²) in [6.07, 6.45) is 3.78. The van der Waals surface area contributed by atoms with E-state index in [0.717, 1.165) is 24.4 Å². The molecule has 2 aromatic rings. The maximum absolute atomic E-state index is 6.02. The van der Waals surface area contributed by atoms with Crippen molar-refractivity contribution in [1.82, 2.24) is 20.2 Å². The number of benzene rings is 1. The zero-order valence-corrected chi connectivity index (χ0v) is 10.6. The van der Waals surface area contributed by atoms with E-state index in [0.29, 0.717) is 16.5 Å². The number of nitrogen functional groups attached to an aromatic ring is 1. The van der Waals surface area contributed by atoms with E-state index >= 15 is 0 Å². The Kier molecular flexibility index (Phi) is 2.91. The summed E-state index contributed by atoms with van der Waals surface area (Å²) in [7, 11) is 0. The van der Waals surface area contributed by atoms with Crippen LogP contribution in [-0.4, -0.2) is 20.2 Å². The summed E-state index contributed by atoms with van der Waals surface area (Å²) in [6, 6.07) is 5.51. The van der Waals surface area contributed by atoms with Gasteiger partial charge in [-0.2, -0.15) is 0 Å². The molecule has 1 aliphatic carbocycles.